The molecule has 1 aliphatic carbocycles. The molecule has 0 unspecified atom stereocenters. The Morgan fingerprint density at radius 2 is 1.79 bits per heavy atom. The summed E-state index contributed by atoms with van der Waals surface area (Å²) in [7, 11) is 0. The molecule has 0 aliphatic heterocycles. The van der Waals surface area contributed by atoms with Crippen LogP contribution in [0.15, 0.2) is 29.3 Å². The van der Waals surface area contributed by atoms with Crippen molar-refractivity contribution in [1.82, 2.24) is 0 Å². The minimum Gasteiger partial charge on any atom is -0.478 e. The summed E-state index contributed by atoms with van der Waals surface area (Å²) in [5.41, 5.74) is 2.05. The topological polar surface area (TPSA) is 54.4 Å². The van der Waals surface area contributed by atoms with Gasteiger partial charge in [0, 0.05) is 21.7 Å². The Morgan fingerprint density at radius 1 is 1.16 bits per heavy atom. The van der Waals surface area contributed by atoms with E-state index >= 15 is 0 Å². The van der Waals surface area contributed by atoms with Gasteiger partial charge in [0.15, 0.2) is 5.78 Å². The van der Waals surface area contributed by atoms with Gasteiger partial charge in [-0.15, -0.1) is 0 Å². The number of Topliss-reactive ketones (excluding diaryl/α,β-unsaturated/α-hetero) is 1. The van der Waals surface area contributed by atoms with Crippen molar-refractivity contribution in [2.45, 2.75) is 32.6 Å². The third-order valence-electron chi connectivity index (χ3n) is 3.43. The molecule has 2 rings (SSSR count). The van der Waals surface area contributed by atoms with Crippen LogP contribution in [0.2, 0.25) is 5.02 Å². The minimum absolute atomic E-state index is 0.209. The summed E-state index contributed by atoms with van der Waals surface area (Å²) < 4.78 is 0. The molecule has 0 fully saturated rings. The minimum atomic E-state index is -0.985. The lowest BCUT2D eigenvalue weighted by Crippen LogP contribution is -2.15. The summed E-state index contributed by atoms with van der Waals surface area (Å²) in [6.45, 7) is 1.86. The summed E-state index contributed by atoms with van der Waals surface area (Å²) >= 11 is 6.01. The summed E-state index contributed by atoms with van der Waals surface area (Å²) in [6.07, 6.45) is 2.69. The van der Waals surface area contributed by atoms with Gasteiger partial charge in [-0.3, -0.25) is 4.79 Å². The van der Waals surface area contributed by atoms with Crippen LogP contribution in [0.3, 0.4) is 0 Å². The van der Waals surface area contributed by atoms with E-state index in [-0.39, 0.29) is 11.4 Å². The van der Waals surface area contributed by atoms with E-state index in [0.29, 0.717) is 29.0 Å². The van der Waals surface area contributed by atoms with Crippen molar-refractivity contribution in [2.24, 2.45) is 0 Å². The highest BCUT2D eigenvalue weighted by Crippen LogP contribution is 2.28. The largest absolute Gasteiger partial charge is 0.478 e. The molecule has 0 spiro atoms. The molecule has 0 atom stereocenters. The monoisotopic (exact) mass is 278 g/mol. The van der Waals surface area contributed by atoms with Gasteiger partial charge in [0.2, 0.25) is 0 Å². The predicted molar refractivity (Wildman–Crippen MR) is 73.6 cm³/mol. The first-order valence-electron chi connectivity index (χ1n) is 6.27. The molecular weight excluding hydrogens is 264 g/mol. The van der Waals surface area contributed by atoms with Gasteiger partial charge in [-0.2, -0.15) is 0 Å². The van der Waals surface area contributed by atoms with E-state index in [1.165, 1.54) is 0 Å². The smallest absolute Gasteiger partial charge is 0.331 e. The first-order chi connectivity index (χ1) is 9.00. The first-order valence-corrected chi connectivity index (χ1v) is 6.64. The van der Waals surface area contributed by atoms with Crippen LogP contribution < -0.4 is 0 Å². The summed E-state index contributed by atoms with van der Waals surface area (Å²) in [4.78, 5) is 23.6. The second-order valence-corrected chi connectivity index (χ2v) is 5.17. The Morgan fingerprint density at radius 3 is 2.37 bits per heavy atom. The molecule has 1 N–H and O–H groups in total. The Balaban J connectivity index is 2.41. The van der Waals surface area contributed by atoms with Crippen LogP contribution in [-0.4, -0.2) is 16.9 Å². The number of carboxylic acid groups (broad SMARTS) is 1. The third kappa shape index (κ3) is 2.87. The van der Waals surface area contributed by atoms with Crippen molar-refractivity contribution in [1.29, 1.82) is 0 Å². The zero-order valence-corrected chi connectivity index (χ0v) is 11.5. The second kappa shape index (κ2) is 5.57. The number of halogens is 1. The van der Waals surface area contributed by atoms with Crippen LogP contribution in [-0.2, 0) is 4.79 Å². The van der Waals surface area contributed by atoms with Crippen LogP contribution in [0, 0.1) is 6.92 Å². The zero-order valence-electron chi connectivity index (χ0n) is 10.7. The van der Waals surface area contributed by atoms with Crippen molar-refractivity contribution in [3.8, 4) is 0 Å². The summed E-state index contributed by atoms with van der Waals surface area (Å²) in [5.74, 6) is -1.19. The number of benzene rings is 1. The van der Waals surface area contributed by atoms with Gasteiger partial charge in [-0.1, -0.05) is 23.7 Å². The van der Waals surface area contributed by atoms with Gasteiger partial charge in [0.1, 0.15) is 0 Å². The highest BCUT2D eigenvalue weighted by Gasteiger charge is 2.24. The number of carbonyl (C=O) groups excluding carboxylic acids is 1. The predicted octanol–water partition coefficient (Wildman–Crippen LogP) is 3.79. The SMILES string of the molecule is Cc1ccc(C(=O)C2=C(C(=O)O)CCCC2)cc1Cl. The van der Waals surface area contributed by atoms with Crippen LogP contribution >= 0.6 is 11.6 Å². The van der Waals surface area contributed by atoms with Crippen LogP contribution in [0.25, 0.3) is 0 Å². The molecule has 19 heavy (non-hydrogen) atoms. The lowest BCUT2D eigenvalue weighted by molar-refractivity contribution is -0.133. The van der Waals surface area contributed by atoms with E-state index in [2.05, 4.69) is 0 Å². The molecule has 0 heterocycles. The van der Waals surface area contributed by atoms with Gasteiger partial charge in [0.05, 0.1) is 0 Å². The number of hydrogen-bond acceptors (Lipinski definition) is 2. The van der Waals surface area contributed by atoms with Crippen LogP contribution in [0.4, 0.5) is 0 Å². The number of carbonyl (C=O) groups is 2. The van der Waals surface area contributed by atoms with E-state index in [1.54, 1.807) is 18.2 Å². The highest BCUT2D eigenvalue weighted by molar-refractivity contribution is 6.32. The van der Waals surface area contributed by atoms with Crippen molar-refractivity contribution >= 4 is 23.4 Å². The maximum Gasteiger partial charge on any atom is 0.331 e. The third-order valence-corrected chi connectivity index (χ3v) is 3.84. The van der Waals surface area contributed by atoms with Gasteiger partial charge in [0.25, 0.3) is 0 Å². The number of carboxylic acids is 1. The fourth-order valence-corrected chi connectivity index (χ4v) is 2.48. The summed E-state index contributed by atoms with van der Waals surface area (Å²) in [6, 6.07) is 5.09. The maximum atomic E-state index is 12.4. The number of rotatable bonds is 3. The Labute approximate surface area is 116 Å². The molecule has 1 aliphatic rings. The molecule has 1 aromatic carbocycles. The number of allylic oxidation sites excluding steroid dienone is 1. The molecule has 0 amide bonds. The standard InChI is InChI=1S/C15H15ClO3/c1-9-6-7-10(8-13(9)16)14(17)11-4-2-3-5-12(11)15(18)19/h6-8H,2-5H2,1H3,(H,18,19). The molecular formula is C15H15ClO3. The van der Waals surface area contributed by atoms with Crippen LogP contribution in [0.1, 0.15) is 41.6 Å². The van der Waals surface area contributed by atoms with Gasteiger partial charge in [-0.25, -0.2) is 4.79 Å². The van der Waals surface area contributed by atoms with Gasteiger partial charge < -0.3 is 5.11 Å². The number of hydrogen-bond donors (Lipinski definition) is 1. The Kier molecular flexibility index (Phi) is 4.05. The van der Waals surface area contributed by atoms with E-state index < -0.39 is 5.97 Å². The van der Waals surface area contributed by atoms with E-state index in [0.717, 1.165) is 18.4 Å². The maximum absolute atomic E-state index is 12.4. The molecule has 0 aromatic heterocycles. The lowest BCUT2D eigenvalue weighted by atomic mass is 9.87. The average molecular weight is 279 g/mol. The average Bonchev–Trinajstić information content (AvgIpc) is 2.41. The molecule has 0 saturated carbocycles. The van der Waals surface area contributed by atoms with Crippen molar-refractivity contribution < 1.29 is 14.7 Å². The van der Waals surface area contributed by atoms with E-state index in [1.807, 2.05) is 6.92 Å². The highest BCUT2D eigenvalue weighted by atomic mass is 35.5. The van der Waals surface area contributed by atoms with Gasteiger partial charge in [-0.05, 0) is 44.2 Å². The van der Waals surface area contributed by atoms with Crippen molar-refractivity contribution in [2.75, 3.05) is 0 Å². The molecule has 0 bridgehead atoms. The molecule has 0 saturated heterocycles. The van der Waals surface area contributed by atoms with E-state index in [4.69, 9.17) is 16.7 Å². The van der Waals surface area contributed by atoms with Crippen LogP contribution in [0.5, 0.6) is 0 Å². The van der Waals surface area contributed by atoms with Gasteiger partial charge >= 0.3 is 5.97 Å². The van der Waals surface area contributed by atoms with Crippen molar-refractivity contribution in [3.05, 3.63) is 45.5 Å². The van der Waals surface area contributed by atoms with E-state index in [9.17, 15) is 9.59 Å². The molecule has 4 heteroatoms. The fraction of sp³-hybridized carbons (Fsp3) is 0.333. The zero-order chi connectivity index (χ0) is 14.0. The van der Waals surface area contributed by atoms with Crippen molar-refractivity contribution in [3.63, 3.8) is 0 Å². The first kappa shape index (κ1) is 13.8. The molecule has 3 nitrogen and oxygen atoms in total. The number of aliphatic carboxylic acids is 1. The number of aryl methyl sites for hydroxylation is 1. The molecule has 0 radical (unpaired) electrons. The molecule has 1 aromatic rings. The molecule has 100 valence electrons. The second-order valence-electron chi connectivity index (χ2n) is 4.76. The quantitative estimate of drug-likeness (QED) is 0.856. The summed E-state index contributed by atoms with van der Waals surface area (Å²) in [5, 5.41) is 9.69. The lowest BCUT2D eigenvalue weighted by Gasteiger charge is -2.16. The Bertz CT molecular complexity index is 573. The normalized spacial score (nSPS) is 15.5. The Hall–Kier alpha value is -1.61. The number of ketones is 1. The fourth-order valence-electron chi connectivity index (χ4n) is 2.30.